The molecule has 0 aliphatic heterocycles. The molecule has 0 saturated carbocycles. The molecule has 0 fully saturated rings. The van der Waals surface area contributed by atoms with Crippen LogP contribution >= 0.6 is 0 Å². The van der Waals surface area contributed by atoms with Crippen molar-refractivity contribution < 1.29 is 4.84 Å². The van der Waals surface area contributed by atoms with Crippen molar-refractivity contribution in [1.82, 2.24) is 9.97 Å². The van der Waals surface area contributed by atoms with Crippen LogP contribution in [0.2, 0.25) is 0 Å². The number of nitrogens with two attached hydrogens (primary N) is 1. The third-order valence-corrected chi connectivity index (χ3v) is 3.09. The lowest BCUT2D eigenvalue weighted by Crippen LogP contribution is -2.09. The van der Waals surface area contributed by atoms with E-state index in [9.17, 15) is 0 Å². The molecule has 2 aromatic heterocycles. The molecule has 0 aliphatic carbocycles. The summed E-state index contributed by atoms with van der Waals surface area (Å²) in [5.41, 5.74) is 9.03. The Balaban J connectivity index is 2.04. The lowest BCUT2D eigenvalue weighted by molar-refractivity contribution is 0.152. The maximum atomic E-state index is 5.44. The highest BCUT2D eigenvalue weighted by Gasteiger charge is 2.11. The van der Waals surface area contributed by atoms with Gasteiger partial charge in [0.05, 0.1) is 17.4 Å². The van der Waals surface area contributed by atoms with Crippen molar-refractivity contribution in [2.24, 2.45) is 10.9 Å². The van der Waals surface area contributed by atoms with Crippen LogP contribution in [0.1, 0.15) is 11.3 Å². The van der Waals surface area contributed by atoms with Crippen LogP contribution in [0, 0.1) is 0 Å². The van der Waals surface area contributed by atoms with Crippen LogP contribution in [0.4, 0.5) is 0 Å². The number of aromatic amines is 1. The fourth-order valence-corrected chi connectivity index (χ4v) is 2.12. The predicted molar refractivity (Wildman–Crippen MR) is 83.2 cm³/mol. The van der Waals surface area contributed by atoms with Crippen LogP contribution in [0.25, 0.3) is 10.9 Å². The van der Waals surface area contributed by atoms with E-state index in [4.69, 9.17) is 10.6 Å². The van der Waals surface area contributed by atoms with Gasteiger partial charge in [0.2, 0.25) is 0 Å². The number of nitrogens with one attached hydrogen (secondary N) is 1. The molecule has 3 aromatic rings. The van der Waals surface area contributed by atoms with E-state index in [1.54, 1.807) is 12.4 Å². The van der Waals surface area contributed by atoms with Crippen LogP contribution in [0.15, 0.2) is 60.0 Å². The predicted octanol–water partition coefficient (Wildman–Crippen LogP) is 2.29. The number of rotatable bonds is 5. The molecule has 106 valence electrons. The van der Waals surface area contributed by atoms with Crippen molar-refractivity contribution >= 4 is 16.6 Å². The van der Waals surface area contributed by atoms with Gasteiger partial charge < -0.3 is 15.6 Å². The van der Waals surface area contributed by atoms with E-state index < -0.39 is 0 Å². The first-order valence-electron chi connectivity index (χ1n) is 6.77. The van der Waals surface area contributed by atoms with Gasteiger partial charge in [-0.05, 0) is 12.1 Å². The fourth-order valence-electron chi connectivity index (χ4n) is 2.12. The quantitative estimate of drug-likeness (QED) is 0.427. The third kappa shape index (κ3) is 2.93. The molecule has 0 atom stereocenters. The summed E-state index contributed by atoms with van der Waals surface area (Å²) in [7, 11) is 0. The molecule has 0 radical (unpaired) electrons. The lowest BCUT2D eigenvalue weighted by Gasteiger charge is -2.05. The third-order valence-electron chi connectivity index (χ3n) is 3.09. The molecule has 2 heterocycles. The Morgan fingerprint density at radius 3 is 2.86 bits per heavy atom. The van der Waals surface area contributed by atoms with E-state index in [2.05, 4.69) is 15.1 Å². The Morgan fingerprint density at radius 2 is 2.10 bits per heavy atom. The second kappa shape index (κ2) is 6.19. The van der Waals surface area contributed by atoms with Crippen molar-refractivity contribution in [2.45, 2.75) is 0 Å². The summed E-state index contributed by atoms with van der Waals surface area (Å²) < 4.78 is 0. The van der Waals surface area contributed by atoms with Crippen molar-refractivity contribution in [3.63, 3.8) is 0 Å². The van der Waals surface area contributed by atoms with Crippen LogP contribution in [0.5, 0.6) is 0 Å². The van der Waals surface area contributed by atoms with E-state index in [0.29, 0.717) is 13.2 Å². The topological polar surface area (TPSA) is 76.3 Å². The van der Waals surface area contributed by atoms with Gasteiger partial charge in [-0.15, -0.1) is 0 Å². The van der Waals surface area contributed by atoms with Crippen LogP contribution < -0.4 is 5.73 Å². The van der Waals surface area contributed by atoms with Crippen molar-refractivity contribution in [3.05, 3.63) is 66.1 Å². The van der Waals surface area contributed by atoms with Gasteiger partial charge in [0.25, 0.3) is 0 Å². The zero-order chi connectivity index (χ0) is 14.5. The van der Waals surface area contributed by atoms with Gasteiger partial charge in [-0.25, -0.2) is 0 Å². The molecule has 3 rings (SSSR count). The molecule has 0 saturated heterocycles. The van der Waals surface area contributed by atoms with Crippen LogP contribution in [-0.2, 0) is 4.84 Å². The summed E-state index contributed by atoms with van der Waals surface area (Å²) >= 11 is 0. The highest BCUT2D eigenvalue weighted by atomic mass is 16.6. The number of oxime groups is 1. The number of nitrogens with zero attached hydrogens (tertiary/aromatic N) is 2. The second-order valence-electron chi connectivity index (χ2n) is 4.57. The fraction of sp³-hybridized carbons (Fsp3) is 0.125. The van der Waals surface area contributed by atoms with E-state index in [1.165, 1.54) is 0 Å². The average molecular weight is 280 g/mol. The molecular weight excluding hydrogens is 264 g/mol. The van der Waals surface area contributed by atoms with Gasteiger partial charge in [0.1, 0.15) is 12.3 Å². The Labute approximate surface area is 122 Å². The van der Waals surface area contributed by atoms with E-state index in [1.807, 2.05) is 42.5 Å². The van der Waals surface area contributed by atoms with E-state index >= 15 is 0 Å². The number of aromatic nitrogens is 2. The van der Waals surface area contributed by atoms with Gasteiger partial charge >= 0.3 is 0 Å². The standard InChI is InChI=1S/C16H16N4O/c17-7-9-21-20-16(12-4-2-1-3-5-12)14-10-13-6-8-18-11-15(13)19-14/h1-6,8,10-11,19H,7,9,17H2. The number of H-pyrrole nitrogens is 1. The molecular formula is C16H16N4O. The number of benzene rings is 1. The highest BCUT2D eigenvalue weighted by Crippen LogP contribution is 2.17. The van der Waals surface area contributed by atoms with Crippen molar-refractivity contribution in [2.75, 3.05) is 13.2 Å². The minimum absolute atomic E-state index is 0.387. The number of hydrogen-bond donors (Lipinski definition) is 2. The van der Waals surface area contributed by atoms with E-state index in [0.717, 1.165) is 27.9 Å². The summed E-state index contributed by atoms with van der Waals surface area (Å²) in [5.74, 6) is 0. The van der Waals surface area contributed by atoms with Crippen molar-refractivity contribution in [3.8, 4) is 0 Å². The Morgan fingerprint density at radius 1 is 1.24 bits per heavy atom. The molecule has 0 spiro atoms. The zero-order valence-electron chi connectivity index (χ0n) is 11.5. The first kappa shape index (κ1) is 13.3. The zero-order valence-corrected chi connectivity index (χ0v) is 11.5. The molecule has 5 heteroatoms. The molecule has 21 heavy (non-hydrogen) atoms. The molecule has 0 unspecified atom stereocenters. The summed E-state index contributed by atoms with van der Waals surface area (Å²) in [6, 6.07) is 13.9. The second-order valence-corrected chi connectivity index (χ2v) is 4.57. The molecule has 0 amide bonds. The minimum atomic E-state index is 0.387. The largest absolute Gasteiger partial charge is 0.394 e. The van der Waals surface area contributed by atoms with Gasteiger partial charge in [-0.2, -0.15) is 0 Å². The number of fused-ring (bicyclic) bond motifs is 1. The van der Waals surface area contributed by atoms with Gasteiger partial charge in [-0.3, -0.25) is 4.98 Å². The highest BCUT2D eigenvalue weighted by molar-refractivity contribution is 6.13. The summed E-state index contributed by atoms with van der Waals surface area (Å²) in [4.78, 5) is 12.7. The van der Waals surface area contributed by atoms with Crippen LogP contribution in [-0.4, -0.2) is 28.8 Å². The molecule has 0 aliphatic rings. The lowest BCUT2D eigenvalue weighted by atomic mass is 10.1. The molecule has 3 N–H and O–H groups in total. The first-order valence-corrected chi connectivity index (χ1v) is 6.77. The first-order chi connectivity index (χ1) is 10.4. The molecule has 5 nitrogen and oxygen atoms in total. The number of hydrogen-bond acceptors (Lipinski definition) is 4. The van der Waals surface area contributed by atoms with Gasteiger partial charge in [0.15, 0.2) is 0 Å². The van der Waals surface area contributed by atoms with Crippen molar-refractivity contribution in [1.29, 1.82) is 0 Å². The molecule has 0 bridgehead atoms. The van der Waals surface area contributed by atoms with Gasteiger partial charge in [0, 0.05) is 23.7 Å². The Bertz CT molecular complexity index is 716. The number of pyridine rings is 1. The SMILES string of the molecule is NCCON=C(c1ccccc1)c1cc2ccncc2[nH]1. The van der Waals surface area contributed by atoms with Crippen LogP contribution in [0.3, 0.4) is 0 Å². The smallest absolute Gasteiger partial charge is 0.133 e. The van der Waals surface area contributed by atoms with Gasteiger partial charge in [-0.1, -0.05) is 35.5 Å². The normalized spacial score (nSPS) is 11.8. The maximum Gasteiger partial charge on any atom is 0.133 e. The maximum absolute atomic E-state index is 5.44. The Hall–Kier alpha value is -2.66. The summed E-state index contributed by atoms with van der Waals surface area (Å²) in [6.07, 6.45) is 3.56. The summed E-state index contributed by atoms with van der Waals surface area (Å²) in [5, 5.41) is 5.32. The minimum Gasteiger partial charge on any atom is -0.394 e. The monoisotopic (exact) mass is 280 g/mol. The summed E-state index contributed by atoms with van der Waals surface area (Å²) in [6.45, 7) is 0.820. The Kier molecular flexibility index (Phi) is 3.93. The van der Waals surface area contributed by atoms with E-state index in [-0.39, 0.29) is 0 Å². The molecule has 1 aromatic carbocycles. The average Bonchev–Trinajstić information content (AvgIpc) is 2.96.